The number of ether oxygens (including phenoxy) is 2. The quantitative estimate of drug-likeness (QED) is 0.545. The van der Waals surface area contributed by atoms with Gasteiger partial charge in [-0.05, 0) is 41.3 Å². The molecular weight excluding hydrogens is 424 g/mol. The molecule has 0 unspecified atom stereocenters. The summed E-state index contributed by atoms with van der Waals surface area (Å²) < 4.78 is 38.1. The molecule has 7 nitrogen and oxygen atoms in total. The lowest BCUT2D eigenvalue weighted by Crippen LogP contribution is -2.40. The Morgan fingerprint density at radius 3 is 2.37 bits per heavy atom. The highest BCUT2D eigenvalue weighted by molar-refractivity contribution is 7.94. The maximum atomic E-state index is 13.2. The van der Waals surface area contributed by atoms with Gasteiger partial charge in [0.2, 0.25) is 5.91 Å². The molecule has 0 saturated carbocycles. The molecule has 0 aliphatic heterocycles. The molecule has 0 radical (unpaired) electrons. The highest BCUT2D eigenvalue weighted by Gasteiger charge is 2.30. The number of carbonyl (C=O) groups excluding carboxylic acids is 1. The van der Waals surface area contributed by atoms with Crippen molar-refractivity contribution < 1.29 is 22.7 Å². The smallest absolute Gasteiger partial charge is 0.274 e. The van der Waals surface area contributed by atoms with Crippen LogP contribution in [0.15, 0.2) is 70.3 Å². The van der Waals surface area contributed by atoms with Gasteiger partial charge in [0.15, 0.2) is 0 Å². The van der Waals surface area contributed by atoms with E-state index >= 15 is 0 Å². The van der Waals surface area contributed by atoms with Gasteiger partial charge in [0.05, 0.1) is 19.9 Å². The fourth-order valence-electron chi connectivity index (χ4n) is 2.78. The number of rotatable bonds is 9. The molecule has 0 saturated heterocycles. The van der Waals surface area contributed by atoms with Crippen LogP contribution in [0.4, 0.5) is 5.69 Å². The molecule has 3 rings (SSSR count). The summed E-state index contributed by atoms with van der Waals surface area (Å²) in [4.78, 5) is 12.7. The Bertz CT molecular complexity index is 1080. The summed E-state index contributed by atoms with van der Waals surface area (Å²) in [5, 5.41) is 4.45. The van der Waals surface area contributed by atoms with Gasteiger partial charge in [0, 0.05) is 6.54 Å². The Kier molecular flexibility index (Phi) is 6.96. The average molecular weight is 447 g/mol. The number of amides is 1. The monoisotopic (exact) mass is 446 g/mol. The number of nitrogens with one attached hydrogen (secondary N) is 1. The summed E-state index contributed by atoms with van der Waals surface area (Å²) in [7, 11) is -0.898. The predicted molar refractivity (Wildman–Crippen MR) is 117 cm³/mol. The van der Waals surface area contributed by atoms with Crippen LogP contribution in [0.1, 0.15) is 5.56 Å². The SMILES string of the molecule is COc1ccc(CNC(=O)CN(c2ccccc2OC)S(=O)(=O)c2cccs2)cc1. The molecule has 0 spiro atoms. The van der Waals surface area contributed by atoms with Crippen LogP contribution in [0.3, 0.4) is 0 Å². The van der Waals surface area contributed by atoms with E-state index < -0.39 is 15.9 Å². The third kappa shape index (κ3) is 4.92. The molecular formula is C21H22N2O5S2. The molecule has 1 aromatic heterocycles. The van der Waals surface area contributed by atoms with Crippen molar-refractivity contribution in [3.05, 3.63) is 71.6 Å². The first kappa shape index (κ1) is 21.7. The highest BCUT2D eigenvalue weighted by Crippen LogP contribution is 2.33. The first-order chi connectivity index (χ1) is 14.5. The van der Waals surface area contributed by atoms with E-state index in [1.807, 2.05) is 12.1 Å². The van der Waals surface area contributed by atoms with Crippen molar-refractivity contribution in [3.8, 4) is 11.5 Å². The van der Waals surface area contributed by atoms with Crippen LogP contribution in [0.5, 0.6) is 11.5 Å². The lowest BCUT2D eigenvalue weighted by Gasteiger charge is -2.25. The lowest BCUT2D eigenvalue weighted by atomic mass is 10.2. The molecule has 1 amide bonds. The van der Waals surface area contributed by atoms with E-state index in [0.29, 0.717) is 11.4 Å². The van der Waals surface area contributed by atoms with Gasteiger partial charge in [0.25, 0.3) is 10.0 Å². The standard InChI is InChI=1S/C21H22N2O5S2/c1-27-17-11-9-16(10-12-17)14-22-20(24)15-23(18-6-3-4-7-19(18)28-2)30(25,26)21-8-5-13-29-21/h3-13H,14-15H2,1-2H3,(H,22,24). The van der Waals surface area contributed by atoms with Gasteiger partial charge < -0.3 is 14.8 Å². The molecule has 158 valence electrons. The molecule has 1 N–H and O–H groups in total. The van der Waals surface area contributed by atoms with Gasteiger partial charge in [-0.3, -0.25) is 9.10 Å². The van der Waals surface area contributed by atoms with Crippen LogP contribution in [0, 0.1) is 0 Å². The second kappa shape index (κ2) is 9.64. The number of thiophene rings is 1. The first-order valence-electron chi connectivity index (χ1n) is 9.04. The fraction of sp³-hybridized carbons (Fsp3) is 0.190. The first-order valence-corrected chi connectivity index (χ1v) is 11.4. The van der Waals surface area contributed by atoms with Gasteiger partial charge >= 0.3 is 0 Å². The summed E-state index contributed by atoms with van der Waals surface area (Å²) in [5.41, 5.74) is 1.17. The van der Waals surface area contributed by atoms with Crippen molar-refractivity contribution in [3.63, 3.8) is 0 Å². The summed E-state index contributed by atoms with van der Waals surface area (Å²) in [6.45, 7) is -0.113. The summed E-state index contributed by atoms with van der Waals surface area (Å²) in [6.07, 6.45) is 0. The lowest BCUT2D eigenvalue weighted by molar-refractivity contribution is -0.119. The van der Waals surface area contributed by atoms with Crippen molar-refractivity contribution in [2.24, 2.45) is 0 Å². The molecule has 3 aromatic rings. The Balaban J connectivity index is 1.82. The Morgan fingerprint density at radius 1 is 1.00 bits per heavy atom. The third-order valence-electron chi connectivity index (χ3n) is 4.33. The van der Waals surface area contributed by atoms with Crippen LogP contribution in [0.2, 0.25) is 0 Å². The molecule has 1 heterocycles. The zero-order valence-electron chi connectivity index (χ0n) is 16.6. The van der Waals surface area contributed by atoms with E-state index in [1.54, 1.807) is 55.0 Å². The van der Waals surface area contributed by atoms with Crippen molar-refractivity contribution >= 4 is 33.0 Å². The van der Waals surface area contributed by atoms with Crippen molar-refractivity contribution in [2.45, 2.75) is 10.8 Å². The van der Waals surface area contributed by atoms with Gasteiger partial charge in [-0.1, -0.05) is 30.3 Å². The third-order valence-corrected chi connectivity index (χ3v) is 7.46. The zero-order chi connectivity index (χ0) is 21.6. The van der Waals surface area contributed by atoms with Crippen molar-refractivity contribution in [1.29, 1.82) is 0 Å². The zero-order valence-corrected chi connectivity index (χ0v) is 18.2. The Hall–Kier alpha value is -3.04. The number of sulfonamides is 1. The van der Waals surface area contributed by atoms with Gasteiger partial charge in [-0.15, -0.1) is 11.3 Å². The average Bonchev–Trinajstić information content (AvgIpc) is 3.32. The van der Waals surface area contributed by atoms with Crippen molar-refractivity contribution in [2.75, 3.05) is 25.1 Å². The summed E-state index contributed by atoms with van der Waals surface area (Å²) >= 11 is 1.09. The normalized spacial score (nSPS) is 11.0. The minimum Gasteiger partial charge on any atom is -0.497 e. The van der Waals surface area contributed by atoms with Crippen LogP contribution >= 0.6 is 11.3 Å². The topological polar surface area (TPSA) is 84.9 Å². The second-order valence-electron chi connectivity index (χ2n) is 6.24. The number of nitrogens with zero attached hydrogens (tertiary/aromatic N) is 1. The van der Waals surface area contributed by atoms with Crippen LogP contribution < -0.4 is 19.1 Å². The molecule has 0 bridgehead atoms. The summed E-state index contributed by atoms with van der Waals surface area (Å²) in [5.74, 6) is 0.645. The molecule has 0 fully saturated rings. The van der Waals surface area contributed by atoms with E-state index in [0.717, 1.165) is 27.0 Å². The second-order valence-corrected chi connectivity index (χ2v) is 9.28. The van der Waals surface area contributed by atoms with Gasteiger partial charge in [-0.25, -0.2) is 8.42 Å². The van der Waals surface area contributed by atoms with E-state index in [-0.39, 0.29) is 17.3 Å². The van der Waals surface area contributed by atoms with E-state index in [4.69, 9.17) is 9.47 Å². The minimum absolute atomic E-state index is 0.149. The van der Waals surface area contributed by atoms with Crippen LogP contribution in [-0.4, -0.2) is 35.1 Å². The number of methoxy groups -OCH3 is 2. The fourth-order valence-corrected chi connectivity index (χ4v) is 5.32. The number of carbonyl (C=O) groups is 1. The number of para-hydroxylation sites is 2. The molecule has 30 heavy (non-hydrogen) atoms. The predicted octanol–water partition coefficient (Wildman–Crippen LogP) is 3.28. The molecule has 0 atom stereocenters. The maximum Gasteiger partial charge on any atom is 0.274 e. The largest absolute Gasteiger partial charge is 0.497 e. The Labute approximate surface area is 179 Å². The molecule has 9 heteroatoms. The number of anilines is 1. The molecule has 0 aliphatic rings. The molecule has 2 aromatic carbocycles. The van der Waals surface area contributed by atoms with E-state index in [9.17, 15) is 13.2 Å². The highest BCUT2D eigenvalue weighted by atomic mass is 32.2. The summed E-state index contributed by atoms with van der Waals surface area (Å²) in [6, 6.07) is 17.1. The minimum atomic E-state index is -3.94. The van der Waals surface area contributed by atoms with Crippen LogP contribution in [-0.2, 0) is 21.4 Å². The Morgan fingerprint density at radius 2 is 1.73 bits per heavy atom. The van der Waals surface area contributed by atoms with E-state index in [1.165, 1.54) is 13.2 Å². The van der Waals surface area contributed by atoms with Crippen molar-refractivity contribution in [1.82, 2.24) is 5.32 Å². The number of hydrogen-bond acceptors (Lipinski definition) is 6. The number of hydrogen-bond donors (Lipinski definition) is 1. The van der Waals surface area contributed by atoms with E-state index in [2.05, 4.69) is 5.32 Å². The van der Waals surface area contributed by atoms with Gasteiger partial charge in [-0.2, -0.15) is 0 Å². The number of benzene rings is 2. The maximum absolute atomic E-state index is 13.2. The molecule has 0 aliphatic carbocycles. The van der Waals surface area contributed by atoms with Gasteiger partial charge in [0.1, 0.15) is 22.3 Å². The van der Waals surface area contributed by atoms with Crippen LogP contribution in [0.25, 0.3) is 0 Å².